The number of hydrogen-bond acceptors (Lipinski definition) is 1. The molecule has 0 fully saturated rings. The molecule has 23 heavy (non-hydrogen) atoms. The van der Waals surface area contributed by atoms with Crippen LogP contribution in [0.5, 0.6) is 0 Å². The Balaban J connectivity index is 1.80. The Hall–Kier alpha value is -2.19. The highest BCUT2D eigenvalue weighted by Gasteiger charge is 2.24. The van der Waals surface area contributed by atoms with Crippen molar-refractivity contribution in [1.29, 1.82) is 0 Å². The van der Waals surface area contributed by atoms with Crippen LogP contribution in [0.1, 0.15) is 11.1 Å². The molecule has 2 aromatic carbocycles. The van der Waals surface area contributed by atoms with E-state index in [1.54, 1.807) is 5.20 Å². The fraction of sp³-hybridized carbons (Fsp3) is 0.190. The molecule has 1 aromatic heterocycles. The quantitative estimate of drug-likeness (QED) is 0.551. The molecular weight excluding hydrogens is 294 g/mol. The second-order valence-electron chi connectivity index (χ2n) is 7.39. The summed E-state index contributed by atoms with van der Waals surface area (Å²) in [7, 11) is -1.21. The van der Waals surface area contributed by atoms with Gasteiger partial charge >= 0.3 is 0 Å². The van der Waals surface area contributed by atoms with Gasteiger partial charge in [-0.15, -0.1) is 0 Å². The summed E-state index contributed by atoms with van der Waals surface area (Å²) < 4.78 is 0. The van der Waals surface area contributed by atoms with Crippen LogP contribution in [0.3, 0.4) is 0 Å². The summed E-state index contributed by atoms with van der Waals surface area (Å²) >= 11 is 0. The predicted molar refractivity (Wildman–Crippen MR) is 102 cm³/mol. The summed E-state index contributed by atoms with van der Waals surface area (Å²) in [6.45, 7) is 7.29. The molecule has 0 atom stereocenters. The highest BCUT2D eigenvalue weighted by atomic mass is 28.3. The van der Waals surface area contributed by atoms with Gasteiger partial charge < -0.3 is 0 Å². The zero-order valence-electron chi connectivity index (χ0n) is 13.9. The lowest BCUT2D eigenvalue weighted by Crippen LogP contribution is -2.23. The molecular formula is C21H21NSi. The number of aromatic nitrogens is 1. The zero-order valence-corrected chi connectivity index (χ0v) is 14.9. The summed E-state index contributed by atoms with van der Waals surface area (Å²) in [5, 5.41) is 2.85. The minimum Gasteiger partial charge on any atom is -0.256 e. The van der Waals surface area contributed by atoms with Gasteiger partial charge in [-0.25, -0.2) is 0 Å². The van der Waals surface area contributed by atoms with Gasteiger partial charge in [0.25, 0.3) is 0 Å². The first kappa shape index (κ1) is 14.4. The van der Waals surface area contributed by atoms with E-state index < -0.39 is 8.07 Å². The molecule has 1 aliphatic rings. The van der Waals surface area contributed by atoms with Crippen molar-refractivity contribution in [3.8, 4) is 11.1 Å². The maximum absolute atomic E-state index is 4.60. The predicted octanol–water partition coefficient (Wildman–Crippen LogP) is 5.72. The maximum atomic E-state index is 4.60. The van der Waals surface area contributed by atoms with Gasteiger partial charge in [-0.05, 0) is 29.2 Å². The summed E-state index contributed by atoms with van der Waals surface area (Å²) in [5.41, 5.74) is 6.46. The van der Waals surface area contributed by atoms with Crippen LogP contribution in [-0.4, -0.2) is 13.1 Å². The number of allylic oxidation sites excluding steroid dienone is 1. The molecule has 0 unspecified atom stereocenters. The highest BCUT2D eigenvalue weighted by molar-refractivity contribution is 6.83. The number of para-hydroxylation sites is 1. The molecule has 1 heterocycles. The topological polar surface area (TPSA) is 12.9 Å². The van der Waals surface area contributed by atoms with E-state index in [0.29, 0.717) is 0 Å². The standard InChI is InChI=1S/C21H21NSi/c1-23(2,3)19-13-16-9-10-17(12-18(16)14-19)20-8-4-6-15-7-5-11-22-21(15)20/h4-13H,14H2,1-3H3. The normalized spacial score (nSPS) is 14.0. The number of nitrogens with zero attached hydrogens (tertiary/aromatic N) is 1. The van der Waals surface area contributed by atoms with Crippen molar-refractivity contribution in [3.63, 3.8) is 0 Å². The van der Waals surface area contributed by atoms with Crippen LogP contribution in [0.2, 0.25) is 19.6 Å². The summed E-state index contributed by atoms with van der Waals surface area (Å²) in [5.74, 6) is 0. The van der Waals surface area contributed by atoms with Crippen molar-refractivity contribution in [3.05, 3.63) is 71.1 Å². The summed E-state index contributed by atoms with van der Waals surface area (Å²) in [6.07, 6.45) is 5.42. The lowest BCUT2D eigenvalue weighted by Gasteiger charge is -2.17. The second-order valence-corrected chi connectivity index (χ2v) is 12.5. The molecule has 3 aromatic rings. The zero-order chi connectivity index (χ0) is 16.0. The fourth-order valence-corrected chi connectivity index (χ4v) is 4.64. The molecule has 114 valence electrons. The smallest absolute Gasteiger partial charge is 0.0780 e. The number of hydrogen-bond donors (Lipinski definition) is 0. The Kier molecular flexibility index (Phi) is 3.24. The van der Waals surface area contributed by atoms with Gasteiger partial charge in [-0.3, -0.25) is 4.98 Å². The van der Waals surface area contributed by atoms with Crippen molar-refractivity contribution in [2.24, 2.45) is 0 Å². The van der Waals surface area contributed by atoms with Gasteiger partial charge in [0, 0.05) is 17.1 Å². The van der Waals surface area contributed by atoms with Gasteiger partial charge in [-0.2, -0.15) is 0 Å². The van der Waals surface area contributed by atoms with E-state index in [4.69, 9.17) is 0 Å². The molecule has 0 bridgehead atoms. The van der Waals surface area contributed by atoms with E-state index in [2.05, 4.69) is 73.2 Å². The van der Waals surface area contributed by atoms with E-state index >= 15 is 0 Å². The highest BCUT2D eigenvalue weighted by Crippen LogP contribution is 2.35. The van der Waals surface area contributed by atoms with Crippen LogP contribution in [0.4, 0.5) is 0 Å². The Labute approximate surface area is 138 Å². The molecule has 1 nitrogen and oxygen atoms in total. The Morgan fingerprint density at radius 3 is 2.61 bits per heavy atom. The van der Waals surface area contributed by atoms with Crippen LogP contribution < -0.4 is 0 Å². The average Bonchev–Trinajstić information content (AvgIpc) is 2.98. The van der Waals surface area contributed by atoms with Gasteiger partial charge in [0.2, 0.25) is 0 Å². The van der Waals surface area contributed by atoms with Crippen molar-refractivity contribution >= 4 is 25.1 Å². The maximum Gasteiger partial charge on any atom is 0.0780 e. The summed E-state index contributed by atoms with van der Waals surface area (Å²) in [4.78, 5) is 4.60. The van der Waals surface area contributed by atoms with Crippen LogP contribution in [-0.2, 0) is 6.42 Å². The fourth-order valence-electron chi connectivity index (χ4n) is 3.33. The lowest BCUT2D eigenvalue weighted by atomic mass is 9.98. The molecule has 2 heteroatoms. The minimum atomic E-state index is -1.21. The average molecular weight is 315 g/mol. The Morgan fingerprint density at radius 2 is 1.78 bits per heavy atom. The van der Waals surface area contributed by atoms with Crippen LogP contribution in [0.15, 0.2) is 59.9 Å². The molecule has 4 rings (SSSR count). The molecule has 0 radical (unpaired) electrons. The van der Waals surface area contributed by atoms with Crippen molar-refractivity contribution < 1.29 is 0 Å². The largest absolute Gasteiger partial charge is 0.256 e. The monoisotopic (exact) mass is 315 g/mol. The van der Waals surface area contributed by atoms with Crippen molar-refractivity contribution in [2.75, 3.05) is 0 Å². The first-order valence-electron chi connectivity index (χ1n) is 8.20. The third-order valence-electron chi connectivity index (χ3n) is 4.76. The first-order valence-corrected chi connectivity index (χ1v) is 11.7. The molecule has 0 amide bonds. The molecule has 0 spiro atoms. The van der Waals surface area contributed by atoms with E-state index in [-0.39, 0.29) is 0 Å². The van der Waals surface area contributed by atoms with Crippen molar-refractivity contribution in [1.82, 2.24) is 4.98 Å². The minimum absolute atomic E-state index is 1.09. The van der Waals surface area contributed by atoms with Crippen LogP contribution in [0, 0.1) is 0 Å². The number of rotatable bonds is 2. The third kappa shape index (κ3) is 2.53. The van der Waals surface area contributed by atoms with Gasteiger partial charge in [-0.1, -0.05) is 73.4 Å². The van der Waals surface area contributed by atoms with Gasteiger partial charge in [0.1, 0.15) is 0 Å². The second kappa shape index (κ2) is 5.17. The van der Waals surface area contributed by atoms with E-state index in [9.17, 15) is 0 Å². The molecule has 0 aliphatic heterocycles. The van der Waals surface area contributed by atoms with Gasteiger partial charge in [0.15, 0.2) is 0 Å². The van der Waals surface area contributed by atoms with Crippen LogP contribution >= 0.6 is 0 Å². The molecule has 1 aliphatic carbocycles. The number of fused-ring (bicyclic) bond motifs is 2. The van der Waals surface area contributed by atoms with E-state index in [1.807, 2.05) is 12.3 Å². The lowest BCUT2D eigenvalue weighted by molar-refractivity contribution is 1.26. The molecule has 0 N–H and O–H groups in total. The van der Waals surface area contributed by atoms with E-state index in [0.717, 1.165) is 11.9 Å². The first-order chi connectivity index (χ1) is 11.0. The Morgan fingerprint density at radius 1 is 0.957 bits per heavy atom. The van der Waals surface area contributed by atoms with Gasteiger partial charge in [0.05, 0.1) is 13.6 Å². The number of pyridine rings is 1. The SMILES string of the molecule is C[Si](C)(C)C1=Cc2ccc(-c3cccc4cccnc34)cc2C1. The van der Waals surface area contributed by atoms with Crippen LogP contribution in [0.25, 0.3) is 28.1 Å². The molecule has 0 saturated heterocycles. The number of benzene rings is 2. The van der Waals surface area contributed by atoms with E-state index in [1.165, 1.54) is 27.6 Å². The molecule has 0 saturated carbocycles. The van der Waals surface area contributed by atoms with Crippen molar-refractivity contribution in [2.45, 2.75) is 26.1 Å². The summed E-state index contributed by atoms with van der Waals surface area (Å²) in [6, 6.07) is 17.4. The Bertz CT molecular complexity index is 927. The third-order valence-corrected chi connectivity index (χ3v) is 7.01.